The van der Waals surface area contributed by atoms with Gasteiger partial charge in [0.25, 0.3) is 0 Å². The lowest BCUT2D eigenvalue weighted by atomic mass is 9.78. The summed E-state index contributed by atoms with van der Waals surface area (Å²) in [5, 5.41) is 0. The van der Waals surface area contributed by atoms with E-state index < -0.39 is 17.7 Å². The largest absolute Gasteiger partial charge is 0.370 e. The van der Waals surface area contributed by atoms with Crippen molar-refractivity contribution >= 4 is 11.8 Å². The Morgan fingerprint density at radius 3 is 1.75 bits per heavy atom. The molecule has 12 heavy (non-hydrogen) atoms. The van der Waals surface area contributed by atoms with Crippen molar-refractivity contribution in [2.24, 2.45) is 22.8 Å². The highest BCUT2D eigenvalue weighted by molar-refractivity contribution is 5.84. The van der Waals surface area contributed by atoms with Gasteiger partial charge in [0.05, 0.1) is 5.92 Å². The molecule has 0 spiro atoms. The van der Waals surface area contributed by atoms with Crippen LogP contribution in [0.15, 0.2) is 0 Å². The molecule has 0 aliphatic heterocycles. The predicted octanol–water partition coefficient (Wildman–Crippen LogP) is 0.00940. The average molecular weight is 172 g/mol. The monoisotopic (exact) mass is 172 g/mol. The van der Waals surface area contributed by atoms with Crippen molar-refractivity contribution in [2.45, 2.75) is 27.2 Å². The van der Waals surface area contributed by atoms with Gasteiger partial charge in [-0.2, -0.15) is 0 Å². The van der Waals surface area contributed by atoms with E-state index in [-0.39, 0.29) is 11.8 Å². The SMILES string of the molecule is CC(C)(C)[C@H](CC(N)=O)C(N)=O. The summed E-state index contributed by atoms with van der Waals surface area (Å²) in [6, 6.07) is 0. The van der Waals surface area contributed by atoms with Gasteiger partial charge in [0.15, 0.2) is 0 Å². The number of hydrogen-bond donors (Lipinski definition) is 2. The van der Waals surface area contributed by atoms with Crippen molar-refractivity contribution in [1.29, 1.82) is 0 Å². The van der Waals surface area contributed by atoms with E-state index in [4.69, 9.17) is 11.5 Å². The van der Waals surface area contributed by atoms with E-state index in [9.17, 15) is 9.59 Å². The van der Waals surface area contributed by atoms with Crippen molar-refractivity contribution in [3.63, 3.8) is 0 Å². The Hall–Kier alpha value is -1.06. The summed E-state index contributed by atoms with van der Waals surface area (Å²) in [5.41, 5.74) is 9.80. The third kappa shape index (κ3) is 3.37. The third-order valence-electron chi connectivity index (χ3n) is 1.79. The molecule has 0 saturated carbocycles. The van der Waals surface area contributed by atoms with Gasteiger partial charge >= 0.3 is 0 Å². The van der Waals surface area contributed by atoms with Gasteiger partial charge in [0.2, 0.25) is 11.8 Å². The van der Waals surface area contributed by atoms with Gasteiger partial charge in [0, 0.05) is 6.42 Å². The summed E-state index contributed by atoms with van der Waals surface area (Å²) in [6.45, 7) is 5.56. The molecule has 0 unspecified atom stereocenters. The van der Waals surface area contributed by atoms with Crippen molar-refractivity contribution in [3.05, 3.63) is 0 Å². The average Bonchev–Trinajstić information content (AvgIpc) is 1.79. The molecule has 0 aromatic carbocycles. The Balaban J connectivity index is 4.46. The number of carbonyl (C=O) groups excluding carboxylic acids is 2. The Morgan fingerprint density at radius 2 is 1.67 bits per heavy atom. The van der Waals surface area contributed by atoms with Crippen LogP contribution in [0.1, 0.15) is 27.2 Å². The van der Waals surface area contributed by atoms with Gasteiger partial charge in [-0.15, -0.1) is 0 Å². The first kappa shape index (κ1) is 10.9. The molecule has 0 saturated heterocycles. The first-order valence-corrected chi connectivity index (χ1v) is 3.82. The number of amides is 2. The van der Waals surface area contributed by atoms with Gasteiger partial charge in [-0.3, -0.25) is 9.59 Å². The molecule has 4 nitrogen and oxygen atoms in total. The van der Waals surface area contributed by atoms with Crippen molar-refractivity contribution < 1.29 is 9.59 Å². The lowest BCUT2D eigenvalue weighted by Gasteiger charge is -2.26. The summed E-state index contributed by atoms with van der Waals surface area (Å²) >= 11 is 0. The molecule has 0 fully saturated rings. The fourth-order valence-electron chi connectivity index (χ4n) is 1.03. The number of carbonyl (C=O) groups is 2. The Morgan fingerprint density at radius 1 is 1.25 bits per heavy atom. The highest BCUT2D eigenvalue weighted by Gasteiger charge is 2.30. The van der Waals surface area contributed by atoms with Gasteiger partial charge in [-0.1, -0.05) is 20.8 Å². The quantitative estimate of drug-likeness (QED) is 0.628. The first-order chi connectivity index (χ1) is 5.25. The third-order valence-corrected chi connectivity index (χ3v) is 1.79. The highest BCUT2D eigenvalue weighted by Crippen LogP contribution is 2.27. The second-order valence-corrected chi connectivity index (χ2v) is 3.99. The van der Waals surface area contributed by atoms with Crippen LogP contribution in [0.25, 0.3) is 0 Å². The Bertz CT molecular complexity index is 194. The lowest BCUT2D eigenvalue weighted by molar-refractivity contribution is -0.130. The van der Waals surface area contributed by atoms with Gasteiger partial charge in [-0.25, -0.2) is 0 Å². The van der Waals surface area contributed by atoms with Crippen molar-refractivity contribution in [1.82, 2.24) is 0 Å². The molecule has 0 bridgehead atoms. The zero-order valence-corrected chi connectivity index (χ0v) is 7.76. The van der Waals surface area contributed by atoms with Gasteiger partial charge < -0.3 is 11.5 Å². The standard InChI is InChI=1S/C8H16N2O2/c1-8(2,3)5(7(10)12)4-6(9)11/h5H,4H2,1-3H3,(H2,9,11)(H2,10,12)/t5-/m1/s1. The van der Waals surface area contributed by atoms with Crippen LogP contribution in [0.3, 0.4) is 0 Å². The lowest BCUT2D eigenvalue weighted by Crippen LogP contribution is -2.36. The normalized spacial score (nSPS) is 13.9. The molecular formula is C8H16N2O2. The molecule has 0 aliphatic rings. The van der Waals surface area contributed by atoms with Crippen LogP contribution in [0.5, 0.6) is 0 Å². The number of nitrogens with two attached hydrogens (primary N) is 2. The molecule has 1 atom stereocenters. The van der Waals surface area contributed by atoms with Crippen LogP contribution in [0.2, 0.25) is 0 Å². The van der Waals surface area contributed by atoms with E-state index in [1.165, 1.54) is 0 Å². The minimum Gasteiger partial charge on any atom is -0.370 e. The van der Waals surface area contributed by atoms with Crippen LogP contribution in [0.4, 0.5) is 0 Å². The van der Waals surface area contributed by atoms with E-state index >= 15 is 0 Å². The zero-order valence-electron chi connectivity index (χ0n) is 7.76. The molecule has 0 aliphatic carbocycles. The molecule has 2 amide bonds. The van der Waals surface area contributed by atoms with Crippen molar-refractivity contribution in [3.8, 4) is 0 Å². The Labute approximate surface area is 72.3 Å². The molecular weight excluding hydrogens is 156 g/mol. The molecule has 0 aromatic heterocycles. The van der Waals surface area contributed by atoms with Crippen LogP contribution >= 0.6 is 0 Å². The molecule has 0 radical (unpaired) electrons. The van der Waals surface area contributed by atoms with Crippen LogP contribution < -0.4 is 11.5 Å². The second kappa shape index (κ2) is 3.56. The maximum absolute atomic E-state index is 10.9. The van der Waals surface area contributed by atoms with Crippen LogP contribution in [-0.2, 0) is 9.59 Å². The smallest absolute Gasteiger partial charge is 0.221 e. The van der Waals surface area contributed by atoms with E-state index in [2.05, 4.69) is 0 Å². The predicted molar refractivity (Wildman–Crippen MR) is 46.0 cm³/mol. The summed E-state index contributed by atoms with van der Waals surface area (Å²) in [7, 11) is 0. The molecule has 4 heteroatoms. The molecule has 4 N–H and O–H groups in total. The summed E-state index contributed by atoms with van der Waals surface area (Å²) < 4.78 is 0. The number of rotatable bonds is 3. The fourth-order valence-corrected chi connectivity index (χ4v) is 1.03. The summed E-state index contributed by atoms with van der Waals surface area (Å²) in [6.07, 6.45) is 0.0266. The Kier molecular flexibility index (Phi) is 3.24. The molecule has 70 valence electrons. The summed E-state index contributed by atoms with van der Waals surface area (Å²) in [4.78, 5) is 21.5. The van der Waals surface area contributed by atoms with Gasteiger partial charge in [-0.05, 0) is 5.41 Å². The maximum atomic E-state index is 10.9. The first-order valence-electron chi connectivity index (χ1n) is 3.82. The number of primary amides is 2. The minimum atomic E-state index is -0.492. The fraction of sp³-hybridized carbons (Fsp3) is 0.750. The van der Waals surface area contributed by atoms with Crippen LogP contribution in [0, 0.1) is 11.3 Å². The molecule has 0 aromatic rings. The van der Waals surface area contributed by atoms with Gasteiger partial charge in [0.1, 0.15) is 0 Å². The second-order valence-electron chi connectivity index (χ2n) is 3.99. The van der Waals surface area contributed by atoms with Crippen molar-refractivity contribution in [2.75, 3.05) is 0 Å². The highest BCUT2D eigenvalue weighted by atomic mass is 16.2. The van der Waals surface area contributed by atoms with Crippen LogP contribution in [-0.4, -0.2) is 11.8 Å². The van der Waals surface area contributed by atoms with E-state index in [1.807, 2.05) is 20.8 Å². The summed E-state index contributed by atoms with van der Waals surface area (Å²) in [5.74, 6) is -1.44. The van der Waals surface area contributed by atoms with E-state index in [0.29, 0.717) is 0 Å². The molecule has 0 rings (SSSR count). The number of hydrogen-bond acceptors (Lipinski definition) is 2. The minimum absolute atomic E-state index is 0.0266. The topological polar surface area (TPSA) is 86.2 Å². The van der Waals surface area contributed by atoms with E-state index in [1.54, 1.807) is 0 Å². The zero-order chi connectivity index (χ0) is 9.94. The van der Waals surface area contributed by atoms with E-state index in [0.717, 1.165) is 0 Å². The molecule has 0 heterocycles. The maximum Gasteiger partial charge on any atom is 0.221 e.